The molecule has 254 valence electrons. The smallest absolute Gasteiger partial charge is 0.407 e. The normalized spacial score (nSPS) is 12.9. The van der Waals surface area contributed by atoms with Gasteiger partial charge in [-0.05, 0) is 29.9 Å². The van der Waals surface area contributed by atoms with E-state index in [-0.39, 0.29) is 23.7 Å². The summed E-state index contributed by atoms with van der Waals surface area (Å²) >= 11 is 0. The largest absolute Gasteiger partial charge is 0.453 e. The fraction of sp³-hybridized carbons (Fsp3) is 0.353. The SMILES string of the molecule is COC(=O)N[C@H](C(=O)Nc1nc(-c2ccc(-c3ccc(-c4c[nH]c(C(C)NC(=O)[C@@H](NC(=O)OC)C(C)C)n4)cc3)cc2)c[nH]1)C(C)C. The van der Waals surface area contributed by atoms with Crippen LogP contribution in [0.1, 0.15) is 46.5 Å². The highest BCUT2D eigenvalue weighted by Gasteiger charge is 2.27. The van der Waals surface area contributed by atoms with Crippen molar-refractivity contribution in [2.75, 3.05) is 19.5 Å². The standard InChI is InChI=1S/C34H42N8O6/c1-18(2)27(40-33(45)47-6)30(43)37-20(5)29-35-16-25(38-29)23-12-8-21(9-13-23)22-10-14-24(15-11-22)26-17-36-32(39-26)42-31(44)28(19(3)4)41-34(46)48-7/h8-20,27-28H,1-7H3,(H,35,38)(H,37,43)(H,40,45)(H,41,46)(H2,36,39,42,44)/t20?,27-,28-/m0/s1. The van der Waals surface area contributed by atoms with Gasteiger partial charge in [-0.25, -0.2) is 19.6 Å². The molecule has 4 rings (SSSR count). The molecule has 2 aromatic carbocycles. The van der Waals surface area contributed by atoms with E-state index in [1.165, 1.54) is 14.2 Å². The van der Waals surface area contributed by atoms with E-state index >= 15 is 0 Å². The molecule has 0 aliphatic carbocycles. The quantitative estimate of drug-likeness (QED) is 0.122. The number of rotatable bonds is 12. The van der Waals surface area contributed by atoms with Gasteiger partial charge in [0, 0.05) is 23.5 Å². The third kappa shape index (κ3) is 8.78. The number of hydrogen-bond donors (Lipinski definition) is 6. The first kappa shape index (κ1) is 35.2. The van der Waals surface area contributed by atoms with Crippen LogP contribution in [0.15, 0.2) is 60.9 Å². The Hall–Kier alpha value is -5.66. The number of hydrogen-bond acceptors (Lipinski definition) is 8. The Kier molecular flexibility index (Phi) is 11.6. The zero-order valence-corrected chi connectivity index (χ0v) is 28.0. The lowest BCUT2D eigenvalue weighted by atomic mass is 10.0. The highest BCUT2D eigenvalue weighted by Crippen LogP contribution is 2.27. The van der Waals surface area contributed by atoms with Gasteiger partial charge in [-0.1, -0.05) is 76.2 Å². The van der Waals surface area contributed by atoms with Gasteiger partial charge < -0.3 is 35.4 Å². The highest BCUT2D eigenvalue weighted by atomic mass is 16.5. The molecule has 4 amide bonds. The lowest BCUT2D eigenvalue weighted by Gasteiger charge is -2.22. The molecule has 0 saturated carbocycles. The third-order valence-corrected chi connectivity index (χ3v) is 7.70. The number of amides is 4. The number of ether oxygens (including phenoxy) is 2. The predicted octanol–water partition coefficient (Wildman–Crippen LogP) is 5.01. The number of aromatic amines is 2. The van der Waals surface area contributed by atoms with E-state index in [0.717, 1.165) is 27.9 Å². The maximum atomic E-state index is 12.8. The molecule has 2 aromatic heterocycles. The van der Waals surface area contributed by atoms with E-state index in [2.05, 4.69) is 50.7 Å². The van der Waals surface area contributed by atoms with Crippen LogP contribution in [-0.4, -0.2) is 70.2 Å². The lowest BCUT2D eigenvalue weighted by Crippen LogP contribution is -2.50. The molecule has 14 heteroatoms. The summed E-state index contributed by atoms with van der Waals surface area (Å²) in [5, 5.41) is 10.7. The van der Waals surface area contributed by atoms with Gasteiger partial charge in [0.25, 0.3) is 0 Å². The molecule has 0 aliphatic rings. The van der Waals surface area contributed by atoms with E-state index < -0.39 is 36.2 Å². The fourth-order valence-electron chi connectivity index (χ4n) is 4.91. The molecule has 6 N–H and O–H groups in total. The third-order valence-electron chi connectivity index (χ3n) is 7.70. The van der Waals surface area contributed by atoms with Gasteiger partial charge in [0.1, 0.15) is 17.9 Å². The van der Waals surface area contributed by atoms with Gasteiger partial charge in [0.2, 0.25) is 17.8 Å². The van der Waals surface area contributed by atoms with E-state index in [1.54, 1.807) is 12.4 Å². The number of carbonyl (C=O) groups is 4. The van der Waals surface area contributed by atoms with Crippen molar-refractivity contribution in [2.45, 2.75) is 52.7 Å². The lowest BCUT2D eigenvalue weighted by molar-refractivity contribution is -0.124. The first-order chi connectivity index (χ1) is 22.9. The van der Waals surface area contributed by atoms with Crippen LogP contribution in [0.25, 0.3) is 33.6 Å². The van der Waals surface area contributed by atoms with Crippen molar-refractivity contribution in [3.63, 3.8) is 0 Å². The van der Waals surface area contributed by atoms with Crippen molar-refractivity contribution in [2.24, 2.45) is 11.8 Å². The van der Waals surface area contributed by atoms with E-state index in [4.69, 9.17) is 0 Å². The molecule has 0 spiro atoms. The van der Waals surface area contributed by atoms with Crippen LogP contribution in [0.5, 0.6) is 0 Å². The number of anilines is 1. The Morgan fingerprint density at radius 3 is 1.52 bits per heavy atom. The topological polar surface area (TPSA) is 192 Å². The minimum Gasteiger partial charge on any atom is -0.453 e. The second-order valence-corrected chi connectivity index (χ2v) is 11.9. The molecule has 14 nitrogen and oxygen atoms in total. The summed E-state index contributed by atoms with van der Waals surface area (Å²) < 4.78 is 9.26. The number of aromatic nitrogens is 4. The summed E-state index contributed by atoms with van der Waals surface area (Å²) in [7, 11) is 2.49. The van der Waals surface area contributed by atoms with Crippen molar-refractivity contribution in [1.29, 1.82) is 0 Å². The van der Waals surface area contributed by atoms with E-state index in [0.29, 0.717) is 11.5 Å². The zero-order chi connectivity index (χ0) is 35.0. The van der Waals surface area contributed by atoms with Crippen molar-refractivity contribution >= 4 is 29.9 Å². The maximum absolute atomic E-state index is 12.8. The molecule has 0 saturated heterocycles. The molecular formula is C34H42N8O6. The molecular weight excluding hydrogens is 616 g/mol. The van der Waals surface area contributed by atoms with Crippen molar-refractivity contribution in [3.05, 3.63) is 66.7 Å². The summed E-state index contributed by atoms with van der Waals surface area (Å²) in [6.45, 7) is 9.13. The molecule has 1 unspecified atom stereocenters. The minimum atomic E-state index is -0.788. The van der Waals surface area contributed by atoms with Gasteiger partial charge in [0.05, 0.1) is 31.6 Å². The number of alkyl carbamates (subject to hydrolysis) is 2. The van der Waals surface area contributed by atoms with Crippen LogP contribution in [0.3, 0.4) is 0 Å². The summed E-state index contributed by atoms with van der Waals surface area (Å²) in [6.07, 6.45) is 2.13. The maximum Gasteiger partial charge on any atom is 0.407 e. The number of methoxy groups -OCH3 is 2. The van der Waals surface area contributed by atoms with Crippen LogP contribution in [0.4, 0.5) is 15.5 Å². The van der Waals surface area contributed by atoms with Gasteiger partial charge >= 0.3 is 12.2 Å². The van der Waals surface area contributed by atoms with Crippen LogP contribution in [0, 0.1) is 11.8 Å². The zero-order valence-electron chi connectivity index (χ0n) is 28.0. The first-order valence-electron chi connectivity index (χ1n) is 15.5. The molecule has 2 heterocycles. The van der Waals surface area contributed by atoms with E-state index in [9.17, 15) is 19.2 Å². The van der Waals surface area contributed by atoms with Crippen molar-refractivity contribution in [1.82, 2.24) is 35.9 Å². The minimum absolute atomic E-state index is 0.141. The summed E-state index contributed by atoms with van der Waals surface area (Å²) in [5.74, 6) is -0.203. The van der Waals surface area contributed by atoms with Crippen LogP contribution in [-0.2, 0) is 19.1 Å². The average molecular weight is 659 g/mol. The van der Waals surface area contributed by atoms with Gasteiger partial charge in [-0.3, -0.25) is 14.9 Å². The van der Waals surface area contributed by atoms with Crippen LogP contribution in [0.2, 0.25) is 0 Å². The summed E-state index contributed by atoms with van der Waals surface area (Å²) in [5.41, 5.74) is 5.13. The fourth-order valence-corrected chi connectivity index (χ4v) is 4.91. The monoisotopic (exact) mass is 658 g/mol. The molecule has 0 radical (unpaired) electrons. The molecule has 0 fully saturated rings. The number of carbonyl (C=O) groups excluding carboxylic acids is 4. The molecule has 0 bridgehead atoms. The van der Waals surface area contributed by atoms with Crippen LogP contribution >= 0.6 is 0 Å². The predicted molar refractivity (Wildman–Crippen MR) is 181 cm³/mol. The number of benzene rings is 2. The number of nitrogens with zero attached hydrogens (tertiary/aromatic N) is 2. The Balaban J connectivity index is 1.38. The summed E-state index contributed by atoms with van der Waals surface area (Å²) in [6, 6.07) is 13.9. The van der Waals surface area contributed by atoms with Crippen molar-refractivity contribution < 1.29 is 28.7 Å². The Morgan fingerprint density at radius 2 is 1.04 bits per heavy atom. The molecule has 0 aliphatic heterocycles. The molecule has 48 heavy (non-hydrogen) atoms. The molecule has 4 aromatic rings. The Bertz CT molecular complexity index is 1710. The second-order valence-electron chi connectivity index (χ2n) is 11.9. The Morgan fingerprint density at radius 1 is 0.604 bits per heavy atom. The summed E-state index contributed by atoms with van der Waals surface area (Å²) in [4.78, 5) is 64.1. The number of imidazole rings is 2. The number of H-pyrrole nitrogens is 2. The van der Waals surface area contributed by atoms with Gasteiger partial charge in [0.15, 0.2) is 0 Å². The first-order valence-corrected chi connectivity index (χ1v) is 15.5. The van der Waals surface area contributed by atoms with Crippen LogP contribution < -0.4 is 21.3 Å². The molecule has 3 atom stereocenters. The average Bonchev–Trinajstić information content (AvgIpc) is 3.76. The Labute approximate surface area is 278 Å². The van der Waals surface area contributed by atoms with Gasteiger partial charge in [-0.15, -0.1) is 0 Å². The van der Waals surface area contributed by atoms with Crippen molar-refractivity contribution in [3.8, 4) is 33.6 Å². The second kappa shape index (κ2) is 15.8. The van der Waals surface area contributed by atoms with Gasteiger partial charge in [-0.2, -0.15) is 0 Å². The highest BCUT2D eigenvalue weighted by molar-refractivity contribution is 5.95. The van der Waals surface area contributed by atoms with E-state index in [1.807, 2.05) is 83.1 Å². The number of nitrogens with one attached hydrogen (secondary N) is 6.